The maximum Gasteiger partial charge on any atom is 0.415 e. The average molecular weight is 662 g/mol. The van der Waals surface area contributed by atoms with Gasteiger partial charge in [-0.2, -0.15) is 0 Å². The molecule has 44 heavy (non-hydrogen) atoms. The third kappa shape index (κ3) is 6.05. The van der Waals surface area contributed by atoms with Gasteiger partial charge in [0.15, 0.2) is 0 Å². The average Bonchev–Trinajstić information content (AvgIpc) is 3.57. The van der Waals surface area contributed by atoms with E-state index in [-0.39, 0.29) is 30.3 Å². The topological polar surface area (TPSA) is 95.2 Å². The summed E-state index contributed by atoms with van der Waals surface area (Å²) in [7, 11) is 2.04. The first-order valence-electron chi connectivity index (χ1n) is 14.9. The smallest absolute Gasteiger partial charge is 0.415 e. The van der Waals surface area contributed by atoms with E-state index in [0.717, 1.165) is 51.6 Å². The van der Waals surface area contributed by atoms with Crippen molar-refractivity contribution in [1.29, 1.82) is 0 Å². The molecule has 0 radical (unpaired) electrons. The van der Waals surface area contributed by atoms with Crippen molar-refractivity contribution >= 4 is 61.3 Å². The summed E-state index contributed by atoms with van der Waals surface area (Å²) in [6.45, 7) is 8.82. The summed E-state index contributed by atoms with van der Waals surface area (Å²) in [6.07, 6.45) is -0.231. The molecule has 9 nitrogen and oxygen atoms in total. The standard InChI is InChI=1S/C34H37BrN4O5/c1-34(2,3)44-30(40)16-21-9-10-26-22(15-21)17-27(36-26)32(41)39-20-23(19-35)31-25-8-6-5-7-24(25)29(18-28(31)39)43-33(42)38-13-11-37(4)12-14-38/h5-10,15,17-18,23,36H,11-14,16,19-20H2,1-4H3/t23-/m1/s1. The number of fused-ring (bicyclic) bond motifs is 4. The molecule has 1 atom stereocenters. The highest BCUT2D eigenvalue weighted by Gasteiger charge is 2.36. The van der Waals surface area contributed by atoms with Crippen molar-refractivity contribution in [3.8, 4) is 5.75 Å². The molecule has 3 heterocycles. The van der Waals surface area contributed by atoms with Crippen molar-refractivity contribution in [2.75, 3.05) is 50.0 Å². The Bertz CT molecular complexity index is 1750. The van der Waals surface area contributed by atoms with Crippen molar-refractivity contribution in [3.63, 3.8) is 0 Å². The fourth-order valence-corrected chi connectivity index (χ4v) is 6.59. The van der Waals surface area contributed by atoms with E-state index in [2.05, 4.69) is 25.8 Å². The fourth-order valence-electron chi connectivity index (χ4n) is 6.06. The van der Waals surface area contributed by atoms with E-state index in [1.807, 2.05) is 82.4 Å². The molecule has 6 rings (SSSR count). The molecule has 230 valence electrons. The van der Waals surface area contributed by atoms with E-state index < -0.39 is 5.60 Å². The van der Waals surface area contributed by atoms with Crippen LogP contribution in [-0.2, 0) is 16.0 Å². The largest absolute Gasteiger partial charge is 0.460 e. The van der Waals surface area contributed by atoms with Gasteiger partial charge in [0.2, 0.25) is 0 Å². The number of carbonyl (C=O) groups excluding carboxylic acids is 3. The summed E-state index contributed by atoms with van der Waals surface area (Å²) in [5, 5.41) is 3.33. The Hall–Kier alpha value is -3.89. The summed E-state index contributed by atoms with van der Waals surface area (Å²) in [5.74, 6) is 0.0338. The van der Waals surface area contributed by atoms with Gasteiger partial charge in [-0.1, -0.05) is 46.3 Å². The number of carbonyl (C=O) groups is 3. The molecule has 3 aromatic carbocycles. The molecule has 0 saturated carbocycles. The Morgan fingerprint density at radius 2 is 1.70 bits per heavy atom. The van der Waals surface area contributed by atoms with Gasteiger partial charge in [-0.15, -0.1) is 0 Å². The number of H-pyrrole nitrogens is 1. The lowest BCUT2D eigenvalue weighted by atomic mass is 9.95. The first-order valence-corrected chi connectivity index (χ1v) is 16.0. The molecular formula is C34H37BrN4O5. The van der Waals surface area contributed by atoms with E-state index in [9.17, 15) is 14.4 Å². The number of halogens is 1. The van der Waals surface area contributed by atoms with Crippen molar-refractivity contribution in [3.05, 3.63) is 71.4 Å². The monoisotopic (exact) mass is 660 g/mol. The maximum absolute atomic E-state index is 14.1. The highest BCUT2D eigenvalue weighted by molar-refractivity contribution is 9.09. The second kappa shape index (κ2) is 11.9. The molecule has 2 aliphatic heterocycles. The van der Waals surface area contributed by atoms with Gasteiger partial charge in [-0.05, 0) is 62.5 Å². The van der Waals surface area contributed by atoms with Crippen molar-refractivity contribution in [2.45, 2.75) is 38.7 Å². The van der Waals surface area contributed by atoms with Gasteiger partial charge in [0.05, 0.1) is 12.1 Å². The van der Waals surface area contributed by atoms with Gasteiger partial charge < -0.3 is 29.2 Å². The van der Waals surface area contributed by atoms with Crippen LogP contribution in [0.1, 0.15) is 48.3 Å². The SMILES string of the molecule is CN1CCN(C(=O)Oc2cc3c(c4ccccc24)[C@H](CBr)CN3C(=O)c2cc3cc(CC(=O)OC(C)(C)C)ccc3[nH]2)CC1. The minimum Gasteiger partial charge on any atom is -0.460 e. The Morgan fingerprint density at radius 3 is 2.41 bits per heavy atom. The number of esters is 1. The summed E-state index contributed by atoms with van der Waals surface area (Å²) in [5.41, 5.74) is 3.30. The third-order valence-corrected chi connectivity index (χ3v) is 8.98. The molecule has 0 bridgehead atoms. The van der Waals surface area contributed by atoms with Crippen LogP contribution in [0, 0.1) is 0 Å². The molecule has 0 aliphatic carbocycles. The number of aromatic amines is 1. The molecule has 2 amide bonds. The number of anilines is 1. The lowest BCUT2D eigenvalue weighted by Crippen LogP contribution is -2.48. The van der Waals surface area contributed by atoms with Crippen molar-refractivity contribution in [1.82, 2.24) is 14.8 Å². The zero-order valence-corrected chi connectivity index (χ0v) is 27.1. The summed E-state index contributed by atoms with van der Waals surface area (Å²) < 4.78 is 11.5. The van der Waals surface area contributed by atoms with Gasteiger partial charge >= 0.3 is 12.1 Å². The van der Waals surface area contributed by atoms with Crippen LogP contribution >= 0.6 is 15.9 Å². The highest BCUT2D eigenvalue weighted by Crippen LogP contribution is 2.46. The molecule has 2 aliphatic rings. The second-order valence-electron chi connectivity index (χ2n) is 12.6. The zero-order chi connectivity index (χ0) is 31.2. The van der Waals surface area contributed by atoms with Crippen LogP contribution in [-0.4, -0.2) is 83.5 Å². The molecule has 0 spiro atoms. The number of amides is 2. The minimum absolute atomic E-state index is 0.0612. The van der Waals surface area contributed by atoms with Crippen LogP contribution in [0.2, 0.25) is 0 Å². The van der Waals surface area contributed by atoms with Crippen LogP contribution in [0.5, 0.6) is 5.75 Å². The Balaban J connectivity index is 1.31. The number of likely N-dealkylation sites (N-methyl/N-ethyl adjacent to an activating group) is 1. The van der Waals surface area contributed by atoms with Crippen LogP contribution in [0.25, 0.3) is 21.7 Å². The number of rotatable bonds is 5. The van der Waals surface area contributed by atoms with Crippen molar-refractivity contribution in [2.24, 2.45) is 0 Å². The van der Waals surface area contributed by atoms with Gasteiger partial charge in [0, 0.05) is 66.3 Å². The van der Waals surface area contributed by atoms with Gasteiger partial charge in [0.25, 0.3) is 5.91 Å². The Kier molecular flexibility index (Phi) is 8.15. The fraction of sp³-hybridized carbons (Fsp3) is 0.382. The number of nitrogens with zero attached hydrogens (tertiary/aromatic N) is 3. The van der Waals surface area contributed by atoms with Crippen molar-refractivity contribution < 1.29 is 23.9 Å². The summed E-state index contributed by atoms with van der Waals surface area (Å²) >= 11 is 3.67. The number of hydrogen-bond acceptors (Lipinski definition) is 6. The molecule has 1 fully saturated rings. The van der Waals surface area contributed by atoms with E-state index in [1.54, 1.807) is 9.80 Å². The van der Waals surface area contributed by atoms with Gasteiger partial charge in [-0.3, -0.25) is 9.59 Å². The van der Waals surface area contributed by atoms with E-state index in [1.165, 1.54) is 0 Å². The molecule has 10 heteroatoms. The summed E-state index contributed by atoms with van der Waals surface area (Å²) in [4.78, 5) is 48.6. The predicted octanol–water partition coefficient (Wildman–Crippen LogP) is 6.09. The number of benzene rings is 3. The lowest BCUT2D eigenvalue weighted by molar-refractivity contribution is -0.153. The molecule has 0 unspecified atom stereocenters. The van der Waals surface area contributed by atoms with E-state index in [4.69, 9.17) is 9.47 Å². The Labute approximate surface area is 265 Å². The third-order valence-electron chi connectivity index (χ3n) is 8.20. The first-order chi connectivity index (χ1) is 21.0. The number of alkyl halides is 1. The molecule has 1 N–H and O–H groups in total. The molecule has 1 aromatic heterocycles. The van der Waals surface area contributed by atoms with Crippen LogP contribution in [0.4, 0.5) is 10.5 Å². The Morgan fingerprint density at radius 1 is 0.977 bits per heavy atom. The number of nitrogens with one attached hydrogen (secondary N) is 1. The highest BCUT2D eigenvalue weighted by atomic mass is 79.9. The summed E-state index contributed by atoms with van der Waals surface area (Å²) in [6, 6.07) is 17.2. The normalized spacial score (nSPS) is 17.2. The number of hydrogen-bond donors (Lipinski definition) is 1. The molecular weight excluding hydrogens is 624 g/mol. The van der Waals surface area contributed by atoms with Crippen LogP contribution < -0.4 is 9.64 Å². The predicted molar refractivity (Wildman–Crippen MR) is 175 cm³/mol. The van der Waals surface area contributed by atoms with Gasteiger partial charge in [-0.25, -0.2) is 4.79 Å². The second-order valence-corrected chi connectivity index (χ2v) is 13.3. The first kappa shape index (κ1) is 30.1. The molecule has 4 aromatic rings. The lowest BCUT2D eigenvalue weighted by Gasteiger charge is -2.31. The number of aromatic nitrogens is 1. The van der Waals surface area contributed by atoms with Gasteiger partial charge in [0.1, 0.15) is 17.0 Å². The van der Waals surface area contributed by atoms with E-state index in [0.29, 0.717) is 36.4 Å². The minimum atomic E-state index is -0.554. The maximum atomic E-state index is 14.1. The number of ether oxygens (including phenoxy) is 2. The molecule has 1 saturated heterocycles. The van der Waals surface area contributed by atoms with Crippen LogP contribution in [0.15, 0.2) is 54.6 Å². The van der Waals surface area contributed by atoms with E-state index >= 15 is 0 Å². The van der Waals surface area contributed by atoms with Crippen LogP contribution in [0.3, 0.4) is 0 Å². The number of piperazine rings is 1. The zero-order valence-electron chi connectivity index (χ0n) is 25.5. The quantitative estimate of drug-likeness (QED) is 0.206.